The van der Waals surface area contributed by atoms with Gasteiger partial charge in [0.05, 0.1) is 0 Å². The van der Waals surface area contributed by atoms with Crippen LogP contribution in [0.3, 0.4) is 0 Å². The zero-order chi connectivity index (χ0) is 9.52. The van der Waals surface area contributed by atoms with Crippen LogP contribution in [-0.4, -0.2) is 22.6 Å². The molecule has 0 aliphatic carbocycles. The van der Waals surface area contributed by atoms with Crippen molar-refractivity contribution in [3.8, 4) is 0 Å². The van der Waals surface area contributed by atoms with Crippen LogP contribution in [0.5, 0.6) is 0 Å². The monoisotopic (exact) mass is 180 g/mol. The molecule has 0 aromatic carbocycles. The van der Waals surface area contributed by atoms with Crippen LogP contribution in [0, 0.1) is 0 Å². The summed E-state index contributed by atoms with van der Waals surface area (Å²) in [5, 5.41) is 9.95. The molecule has 5 heteroatoms. The second kappa shape index (κ2) is 5.21. The van der Waals surface area contributed by atoms with Gasteiger partial charge in [0.15, 0.2) is 5.82 Å². The topological polar surface area (TPSA) is 80.9 Å². The molecule has 1 aromatic rings. The molecule has 5 nitrogen and oxygen atoms in total. The average molecular weight is 180 g/mol. The fraction of sp³-hybridized carbons (Fsp3) is 0.375. The lowest BCUT2D eigenvalue weighted by molar-refractivity contribution is -0.116. The smallest absolute Gasteiger partial charge is 0.225 e. The zero-order valence-electron chi connectivity index (χ0n) is 7.23. The third-order valence-electron chi connectivity index (χ3n) is 1.45. The SMILES string of the molecule is NCCCC(=O)Nc1cccnn1. The second-order valence-electron chi connectivity index (χ2n) is 2.55. The molecular formula is C8H12N4O. The standard InChI is InChI=1S/C8H12N4O/c9-5-1-4-8(13)11-7-3-2-6-10-12-7/h2-3,6H,1,4-5,9H2,(H,11,12,13). The summed E-state index contributed by atoms with van der Waals surface area (Å²) < 4.78 is 0. The molecule has 1 heterocycles. The van der Waals surface area contributed by atoms with Gasteiger partial charge in [0.25, 0.3) is 0 Å². The molecule has 0 saturated heterocycles. The van der Waals surface area contributed by atoms with Crippen LogP contribution in [0.25, 0.3) is 0 Å². The molecule has 1 rings (SSSR count). The fourth-order valence-corrected chi connectivity index (χ4v) is 0.836. The number of amides is 1. The molecule has 1 aromatic heterocycles. The quantitative estimate of drug-likeness (QED) is 0.691. The predicted molar refractivity (Wildman–Crippen MR) is 49.0 cm³/mol. The van der Waals surface area contributed by atoms with E-state index in [1.807, 2.05) is 0 Å². The minimum absolute atomic E-state index is 0.0778. The Bertz CT molecular complexity index is 262. The Balaban J connectivity index is 2.37. The Labute approximate surface area is 76.4 Å². The first-order chi connectivity index (χ1) is 6.33. The summed E-state index contributed by atoms with van der Waals surface area (Å²) in [7, 11) is 0. The molecule has 13 heavy (non-hydrogen) atoms. The molecule has 0 fully saturated rings. The van der Waals surface area contributed by atoms with E-state index in [1.54, 1.807) is 18.3 Å². The third kappa shape index (κ3) is 3.62. The summed E-state index contributed by atoms with van der Waals surface area (Å²) in [6, 6.07) is 3.40. The van der Waals surface area contributed by atoms with Gasteiger partial charge in [0.1, 0.15) is 0 Å². The van der Waals surface area contributed by atoms with Gasteiger partial charge < -0.3 is 11.1 Å². The van der Waals surface area contributed by atoms with Crippen LogP contribution < -0.4 is 11.1 Å². The molecule has 3 N–H and O–H groups in total. The molecule has 0 spiro atoms. The summed E-state index contributed by atoms with van der Waals surface area (Å²) >= 11 is 0. The lowest BCUT2D eigenvalue weighted by Crippen LogP contribution is -2.14. The lowest BCUT2D eigenvalue weighted by atomic mass is 10.3. The number of nitrogens with zero attached hydrogens (tertiary/aromatic N) is 2. The number of carbonyl (C=O) groups is 1. The molecular weight excluding hydrogens is 168 g/mol. The maximum absolute atomic E-state index is 11.1. The van der Waals surface area contributed by atoms with E-state index in [2.05, 4.69) is 15.5 Å². The van der Waals surface area contributed by atoms with Crippen LogP contribution in [0.2, 0.25) is 0 Å². The van der Waals surface area contributed by atoms with Crippen LogP contribution in [-0.2, 0) is 4.79 Å². The minimum atomic E-state index is -0.0778. The van der Waals surface area contributed by atoms with Crippen molar-refractivity contribution in [2.24, 2.45) is 5.73 Å². The van der Waals surface area contributed by atoms with E-state index in [-0.39, 0.29) is 5.91 Å². The summed E-state index contributed by atoms with van der Waals surface area (Å²) in [4.78, 5) is 11.1. The maximum atomic E-state index is 11.1. The first-order valence-corrected chi connectivity index (χ1v) is 4.10. The number of hydrogen-bond donors (Lipinski definition) is 2. The molecule has 70 valence electrons. The Morgan fingerprint density at radius 2 is 2.46 bits per heavy atom. The Kier molecular flexibility index (Phi) is 3.84. The first-order valence-electron chi connectivity index (χ1n) is 4.10. The normalized spacial score (nSPS) is 9.62. The summed E-state index contributed by atoms with van der Waals surface area (Å²) in [5.41, 5.74) is 5.26. The van der Waals surface area contributed by atoms with Gasteiger partial charge >= 0.3 is 0 Å². The van der Waals surface area contributed by atoms with Crippen molar-refractivity contribution in [1.82, 2.24) is 10.2 Å². The molecule has 0 aliphatic heterocycles. The molecule has 0 bridgehead atoms. The minimum Gasteiger partial charge on any atom is -0.330 e. The van der Waals surface area contributed by atoms with Crippen LogP contribution in [0.4, 0.5) is 5.82 Å². The highest BCUT2D eigenvalue weighted by molar-refractivity contribution is 5.89. The van der Waals surface area contributed by atoms with E-state index in [9.17, 15) is 4.79 Å². The number of hydrogen-bond acceptors (Lipinski definition) is 4. The molecule has 0 radical (unpaired) electrons. The van der Waals surface area contributed by atoms with Crippen molar-refractivity contribution >= 4 is 11.7 Å². The van der Waals surface area contributed by atoms with Crippen LogP contribution in [0.15, 0.2) is 18.3 Å². The predicted octanol–water partition coefficient (Wildman–Crippen LogP) is 0.154. The highest BCUT2D eigenvalue weighted by Crippen LogP contribution is 1.99. The average Bonchev–Trinajstić information content (AvgIpc) is 2.16. The van der Waals surface area contributed by atoms with Gasteiger partial charge in [0, 0.05) is 12.6 Å². The van der Waals surface area contributed by atoms with E-state index in [0.717, 1.165) is 0 Å². The lowest BCUT2D eigenvalue weighted by Gasteiger charge is -2.01. The van der Waals surface area contributed by atoms with E-state index >= 15 is 0 Å². The van der Waals surface area contributed by atoms with Crippen molar-refractivity contribution in [3.05, 3.63) is 18.3 Å². The molecule has 1 amide bonds. The van der Waals surface area contributed by atoms with Gasteiger partial charge in [-0.15, -0.1) is 5.10 Å². The van der Waals surface area contributed by atoms with E-state index in [4.69, 9.17) is 5.73 Å². The third-order valence-corrected chi connectivity index (χ3v) is 1.45. The number of nitrogens with two attached hydrogens (primary N) is 1. The Morgan fingerprint density at radius 1 is 1.62 bits per heavy atom. The first kappa shape index (κ1) is 9.60. The summed E-state index contributed by atoms with van der Waals surface area (Å²) in [5.74, 6) is 0.399. The van der Waals surface area contributed by atoms with E-state index in [1.165, 1.54) is 0 Å². The van der Waals surface area contributed by atoms with Gasteiger partial charge in [-0.3, -0.25) is 4.79 Å². The van der Waals surface area contributed by atoms with Crippen molar-refractivity contribution in [2.75, 3.05) is 11.9 Å². The number of rotatable bonds is 4. The maximum Gasteiger partial charge on any atom is 0.225 e. The highest BCUT2D eigenvalue weighted by atomic mass is 16.1. The van der Waals surface area contributed by atoms with Gasteiger partial charge in [-0.25, -0.2) is 0 Å². The van der Waals surface area contributed by atoms with E-state index < -0.39 is 0 Å². The number of carbonyl (C=O) groups excluding carboxylic acids is 1. The second-order valence-corrected chi connectivity index (χ2v) is 2.55. The van der Waals surface area contributed by atoms with Crippen LogP contribution >= 0.6 is 0 Å². The van der Waals surface area contributed by atoms with E-state index in [0.29, 0.717) is 25.2 Å². The van der Waals surface area contributed by atoms with Crippen molar-refractivity contribution in [3.63, 3.8) is 0 Å². The van der Waals surface area contributed by atoms with Crippen molar-refractivity contribution in [2.45, 2.75) is 12.8 Å². The number of nitrogens with one attached hydrogen (secondary N) is 1. The van der Waals surface area contributed by atoms with Crippen LogP contribution in [0.1, 0.15) is 12.8 Å². The Hall–Kier alpha value is -1.49. The summed E-state index contributed by atoms with van der Waals surface area (Å²) in [6.07, 6.45) is 2.66. The summed E-state index contributed by atoms with van der Waals surface area (Å²) in [6.45, 7) is 0.522. The van der Waals surface area contributed by atoms with Crippen molar-refractivity contribution < 1.29 is 4.79 Å². The van der Waals surface area contributed by atoms with Gasteiger partial charge in [-0.1, -0.05) is 0 Å². The molecule has 0 saturated carbocycles. The fourth-order valence-electron chi connectivity index (χ4n) is 0.836. The van der Waals surface area contributed by atoms with Gasteiger partial charge in [0.2, 0.25) is 5.91 Å². The van der Waals surface area contributed by atoms with Gasteiger partial charge in [-0.05, 0) is 25.1 Å². The molecule has 0 atom stereocenters. The highest BCUT2D eigenvalue weighted by Gasteiger charge is 2.01. The van der Waals surface area contributed by atoms with Crippen molar-refractivity contribution in [1.29, 1.82) is 0 Å². The molecule has 0 aliphatic rings. The largest absolute Gasteiger partial charge is 0.330 e. The van der Waals surface area contributed by atoms with Gasteiger partial charge in [-0.2, -0.15) is 5.10 Å². The number of aromatic nitrogens is 2. The molecule has 0 unspecified atom stereocenters. The zero-order valence-corrected chi connectivity index (χ0v) is 7.23. The Morgan fingerprint density at radius 3 is 3.08 bits per heavy atom. The number of anilines is 1.